The Balaban J connectivity index is 1.68. The van der Waals surface area contributed by atoms with Gasteiger partial charge in [0.05, 0.1) is 18.0 Å². The number of hydrogen-bond donors (Lipinski definition) is 0. The fraction of sp³-hybridized carbons (Fsp3) is 0.273. The van der Waals surface area contributed by atoms with E-state index in [0.29, 0.717) is 18.7 Å². The topological polar surface area (TPSA) is 47.4 Å². The molecular weight excluding hydrogens is 338 g/mol. The number of aromatic nitrogens is 2. The quantitative estimate of drug-likeness (QED) is 0.661. The lowest BCUT2D eigenvalue weighted by molar-refractivity contribution is 0.0785. The van der Waals surface area contributed by atoms with Gasteiger partial charge in [0.25, 0.3) is 5.91 Å². The van der Waals surface area contributed by atoms with Crippen molar-refractivity contribution in [2.75, 3.05) is 13.7 Å². The lowest BCUT2D eigenvalue weighted by atomic mass is 10.1. The average molecular weight is 363 g/mol. The minimum Gasteiger partial charge on any atom is -0.494 e. The van der Waals surface area contributed by atoms with E-state index in [1.54, 1.807) is 4.90 Å². The number of amides is 1. The van der Waals surface area contributed by atoms with Crippen molar-refractivity contribution in [3.8, 4) is 11.4 Å². The van der Waals surface area contributed by atoms with Crippen LogP contribution in [-0.4, -0.2) is 34.2 Å². The van der Waals surface area contributed by atoms with Gasteiger partial charge < -0.3 is 9.64 Å². The van der Waals surface area contributed by atoms with Crippen molar-refractivity contribution in [3.05, 3.63) is 77.1 Å². The van der Waals surface area contributed by atoms with Gasteiger partial charge in [-0.25, -0.2) is 4.68 Å². The molecule has 3 rings (SSSR count). The van der Waals surface area contributed by atoms with E-state index < -0.39 is 0 Å². The Bertz CT molecular complexity index is 912. The summed E-state index contributed by atoms with van der Waals surface area (Å²) in [7, 11) is 1.81. The highest BCUT2D eigenvalue weighted by Crippen LogP contribution is 2.16. The first-order valence-corrected chi connectivity index (χ1v) is 9.09. The van der Waals surface area contributed by atoms with Gasteiger partial charge in [-0.05, 0) is 68.8 Å². The number of rotatable bonds is 6. The van der Waals surface area contributed by atoms with E-state index in [2.05, 4.69) is 5.10 Å². The molecule has 3 aromatic rings. The molecule has 5 heteroatoms. The number of aryl methyl sites for hydroxylation is 2. The minimum absolute atomic E-state index is 0.0104. The zero-order valence-corrected chi connectivity index (χ0v) is 16.3. The summed E-state index contributed by atoms with van der Waals surface area (Å²) >= 11 is 0. The Kier molecular flexibility index (Phi) is 5.60. The molecule has 0 spiro atoms. The number of carbonyl (C=O) groups excluding carboxylic acids is 1. The molecule has 0 saturated heterocycles. The molecule has 0 aliphatic carbocycles. The first kappa shape index (κ1) is 18.7. The van der Waals surface area contributed by atoms with Crippen LogP contribution >= 0.6 is 0 Å². The maximum Gasteiger partial charge on any atom is 0.253 e. The van der Waals surface area contributed by atoms with E-state index in [0.717, 1.165) is 28.4 Å². The van der Waals surface area contributed by atoms with Crippen LogP contribution in [0.3, 0.4) is 0 Å². The van der Waals surface area contributed by atoms with Crippen LogP contribution in [0.1, 0.15) is 34.2 Å². The standard InChI is InChI=1S/C22H25N3O2/c1-5-27-21-12-6-18(7-13-21)15-24(4)22(26)19-8-10-20(11-9-19)25-17(3)14-16(2)23-25/h6-14H,5,15H2,1-4H3. The molecule has 0 aliphatic rings. The van der Waals surface area contributed by atoms with E-state index in [4.69, 9.17) is 4.74 Å². The predicted molar refractivity (Wildman–Crippen MR) is 106 cm³/mol. The van der Waals surface area contributed by atoms with Crippen LogP contribution in [0.5, 0.6) is 5.75 Å². The molecule has 0 radical (unpaired) electrons. The molecule has 2 aromatic carbocycles. The van der Waals surface area contributed by atoms with Gasteiger partial charge in [-0.15, -0.1) is 0 Å². The second-order valence-electron chi connectivity index (χ2n) is 6.62. The first-order chi connectivity index (χ1) is 13.0. The lowest BCUT2D eigenvalue weighted by Crippen LogP contribution is -2.26. The van der Waals surface area contributed by atoms with Crippen LogP contribution in [-0.2, 0) is 6.54 Å². The van der Waals surface area contributed by atoms with Gasteiger partial charge in [0.15, 0.2) is 0 Å². The fourth-order valence-corrected chi connectivity index (χ4v) is 3.06. The fourth-order valence-electron chi connectivity index (χ4n) is 3.06. The predicted octanol–water partition coefficient (Wildman–Crippen LogP) is 4.16. The lowest BCUT2D eigenvalue weighted by Gasteiger charge is -2.18. The van der Waals surface area contributed by atoms with Crippen LogP contribution in [0.15, 0.2) is 54.6 Å². The molecule has 0 unspecified atom stereocenters. The maximum absolute atomic E-state index is 12.7. The van der Waals surface area contributed by atoms with Gasteiger partial charge in [-0.2, -0.15) is 5.10 Å². The highest BCUT2D eigenvalue weighted by molar-refractivity contribution is 5.94. The van der Waals surface area contributed by atoms with Crippen molar-refractivity contribution < 1.29 is 9.53 Å². The third kappa shape index (κ3) is 4.37. The van der Waals surface area contributed by atoms with Crippen LogP contribution in [0.2, 0.25) is 0 Å². The molecule has 0 bridgehead atoms. The molecule has 27 heavy (non-hydrogen) atoms. The van der Waals surface area contributed by atoms with Gasteiger partial charge >= 0.3 is 0 Å². The molecule has 0 atom stereocenters. The van der Waals surface area contributed by atoms with Gasteiger partial charge in [-0.1, -0.05) is 12.1 Å². The highest BCUT2D eigenvalue weighted by atomic mass is 16.5. The minimum atomic E-state index is -0.0104. The van der Waals surface area contributed by atoms with Crippen molar-refractivity contribution in [2.24, 2.45) is 0 Å². The van der Waals surface area contributed by atoms with Crippen molar-refractivity contribution in [2.45, 2.75) is 27.3 Å². The number of carbonyl (C=O) groups is 1. The highest BCUT2D eigenvalue weighted by Gasteiger charge is 2.13. The summed E-state index contributed by atoms with van der Waals surface area (Å²) in [5.74, 6) is 0.832. The number of ether oxygens (including phenoxy) is 1. The Labute approximate surface area is 160 Å². The summed E-state index contributed by atoms with van der Waals surface area (Å²) in [6.45, 7) is 7.14. The van der Waals surface area contributed by atoms with Crippen LogP contribution < -0.4 is 4.74 Å². The number of benzene rings is 2. The monoisotopic (exact) mass is 363 g/mol. The number of nitrogens with zero attached hydrogens (tertiary/aromatic N) is 3. The van der Waals surface area contributed by atoms with Gasteiger partial charge in [-0.3, -0.25) is 4.79 Å². The molecule has 5 nitrogen and oxygen atoms in total. The van der Waals surface area contributed by atoms with Gasteiger partial charge in [0.1, 0.15) is 5.75 Å². The summed E-state index contributed by atoms with van der Waals surface area (Å²) < 4.78 is 7.33. The third-order valence-electron chi connectivity index (χ3n) is 4.37. The Morgan fingerprint density at radius 3 is 2.30 bits per heavy atom. The summed E-state index contributed by atoms with van der Waals surface area (Å²) in [5, 5.41) is 4.48. The zero-order valence-electron chi connectivity index (χ0n) is 16.3. The number of hydrogen-bond acceptors (Lipinski definition) is 3. The van der Waals surface area contributed by atoms with E-state index in [9.17, 15) is 4.79 Å². The Morgan fingerprint density at radius 1 is 1.07 bits per heavy atom. The maximum atomic E-state index is 12.7. The Hall–Kier alpha value is -3.08. The Morgan fingerprint density at radius 2 is 1.74 bits per heavy atom. The average Bonchev–Trinajstić information content (AvgIpc) is 3.01. The van der Waals surface area contributed by atoms with Crippen molar-refractivity contribution in [1.29, 1.82) is 0 Å². The largest absolute Gasteiger partial charge is 0.494 e. The second-order valence-corrected chi connectivity index (χ2v) is 6.62. The molecule has 140 valence electrons. The summed E-state index contributed by atoms with van der Waals surface area (Å²) in [6.07, 6.45) is 0. The molecule has 0 saturated carbocycles. The summed E-state index contributed by atoms with van der Waals surface area (Å²) in [4.78, 5) is 14.4. The molecule has 0 N–H and O–H groups in total. The molecule has 1 aromatic heterocycles. The van der Waals surface area contributed by atoms with Crippen LogP contribution in [0, 0.1) is 13.8 Å². The smallest absolute Gasteiger partial charge is 0.253 e. The molecular formula is C22H25N3O2. The van der Waals surface area contributed by atoms with Gasteiger partial charge in [0.2, 0.25) is 0 Å². The van der Waals surface area contributed by atoms with Crippen molar-refractivity contribution >= 4 is 5.91 Å². The van der Waals surface area contributed by atoms with Crippen LogP contribution in [0.4, 0.5) is 0 Å². The van der Waals surface area contributed by atoms with Crippen LogP contribution in [0.25, 0.3) is 5.69 Å². The zero-order chi connectivity index (χ0) is 19.4. The van der Waals surface area contributed by atoms with E-state index >= 15 is 0 Å². The van der Waals surface area contributed by atoms with E-state index in [1.165, 1.54) is 0 Å². The molecule has 1 amide bonds. The molecule has 1 heterocycles. The summed E-state index contributed by atoms with van der Waals surface area (Å²) in [6, 6.07) is 17.4. The normalized spacial score (nSPS) is 10.7. The van der Waals surface area contributed by atoms with Gasteiger partial charge in [0, 0.05) is 24.8 Å². The summed E-state index contributed by atoms with van der Waals surface area (Å²) in [5.41, 5.74) is 4.72. The SMILES string of the molecule is CCOc1ccc(CN(C)C(=O)c2ccc(-n3nc(C)cc3C)cc2)cc1. The van der Waals surface area contributed by atoms with Crippen molar-refractivity contribution in [3.63, 3.8) is 0 Å². The molecule has 0 aliphatic heterocycles. The van der Waals surface area contributed by atoms with E-state index in [-0.39, 0.29) is 5.91 Å². The van der Waals surface area contributed by atoms with Crippen molar-refractivity contribution in [1.82, 2.24) is 14.7 Å². The first-order valence-electron chi connectivity index (χ1n) is 9.09. The molecule has 0 fully saturated rings. The second kappa shape index (κ2) is 8.08. The van der Waals surface area contributed by atoms with E-state index in [1.807, 2.05) is 87.1 Å². The third-order valence-corrected chi connectivity index (χ3v) is 4.37.